The van der Waals surface area contributed by atoms with Crippen LogP contribution in [-0.4, -0.2) is 37.1 Å². The van der Waals surface area contributed by atoms with E-state index in [4.69, 9.17) is 8.92 Å². The van der Waals surface area contributed by atoms with Crippen molar-refractivity contribution in [2.75, 3.05) is 6.61 Å². The highest BCUT2D eigenvalue weighted by Gasteiger charge is 2.21. The third-order valence-electron chi connectivity index (χ3n) is 4.83. The largest absolute Gasteiger partial charge is 0.481 e. The third kappa shape index (κ3) is 6.45. The number of nitro groups is 1. The molecule has 4 rings (SSSR count). The Morgan fingerprint density at radius 1 is 1.08 bits per heavy atom. The van der Waals surface area contributed by atoms with E-state index in [9.17, 15) is 23.3 Å². The number of rotatable bonds is 9. The zero-order valence-electron chi connectivity index (χ0n) is 18.8. The number of pyridine rings is 1. The molecule has 0 fully saturated rings. The molecule has 0 bridgehead atoms. The highest BCUT2D eigenvalue weighted by Crippen LogP contribution is 2.29. The number of nitro benzene ring substituents is 1. The molecule has 1 N–H and O–H groups in total. The quantitative estimate of drug-likeness (QED) is 0.133. The van der Waals surface area contributed by atoms with Crippen molar-refractivity contribution in [2.24, 2.45) is 5.10 Å². The maximum Gasteiger partial charge on any atom is 0.339 e. The highest BCUT2D eigenvalue weighted by atomic mass is 79.9. The Morgan fingerprint density at radius 2 is 1.86 bits per heavy atom. The van der Waals surface area contributed by atoms with Crippen molar-refractivity contribution < 1.29 is 27.1 Å². The molecule has 13 heteroatoms. The van der Waals surface area contributed by atoms with Gasteiger partial charge in [-0.3, -0.25) is 19.9 Å². The fourth-order valence-corrected chi connectivity index (χ4v) is 4.70. The number of aromatic nitrogens is 1. The average Bonchev–Trinajstić information content (AvgIpc) is 2.89. The van der Waals surface area contributed by atoms with E-state index in [1.807, 2.05) is 12.1 Å². The van der Waals surface area contributed by atoms with Gasteiger partial charge in [0.25, 0.3) is 11.6 Å². The molecular formula is C24H17BrN4O7S. The summed E-state index contributed by atoms with van der Waals surface area (Å²) in [6, 6.07) is 18.0. The first-order valence-electron chi connectivity index (χ1n) is 10.5. The van der Waals surface area contributed by atoms with E-state index in [0.717, 1.165) is 11.5 Å². The van der Waals surface area contributed by atoms with Crippen molar-refractivity contribution >= 4 is 54.8 Å². The first-order valence-corrected chi connectivity index (χ1v) is 12.7. The first-order chi connectivity index (χ1) is 17.7. The van der Waals surface area contributed by atoms with Gasteiger partial charge in [-0.05, 0) is 57.9 Å². The molecule has 0 aliphatic heterocycles. The summed E-state index contributed by atoms with van der Waals surface area (Å²) >= 11 is 3.23. The number of halogens is 1. The monoisotopic (exact) mass is 584 g/mol. The summed E-state index contributed by atoms with van der Waals surface area (Å²) in [6.07, 6.45) is 2.98. The molecule has 0 aliphatic carbocycles. The summed E-state index contributed by atoms with van der Waals surface area (Å²) in [6.45, 7) is -0.279. The molecule has 188 valence electrons. The van der Waals surface area contributed by atoms with Crippen LogP contribution in [0.1, 0.15) is 5.56 Å². The van der Waals surface area contributed by atoms with Gasteiger partial charge in [-0.25, -0.2) is 5.43 Å². The fraction of sp³-hybridized carbons (Fsp3) is 0.0417. The Kier molecular flexibility index (Phi) is 7.74. The number of benzene rings is 3. The van der Waals surface area contributed by atoms with E-state index in [-0.39, 0.29) is 27.4 Å². The van der Waals surface area contributed by atoms with Gasteiger partial charge in [0.05, 0.1) is 15.6 Å². The van der Waals surface area contributed by atoms with Crippen molar-refractivity contribution in [3.05, 3.63) is 99.1 Å². The van der Waals surface area contributed by atoms with Crippen LogP contribution in [0, 0.1) is 10.1 Å². The van der Waals surface area contributed by atoms with Crippen LogP contribution >= 0.6 is 15.9 Å². The number of hydrogen-bond acceptors (Lipinski definition) is 9. The Bertz CT molecular complexity index is 1620. The summed E-state index contributed by atoms with van der Waals surface area (Å²) in [7, 11) is -4.32. The van der Waals surface area contributed by atoms with E-state index < -0.39 is 20.9 Å². The number of nitrogens with zero attached hydrogens (tertiary/aromatic N) is 3. The predicted molar refractivity (Wildman–Crippen MR) is 138 cm³/mol. The third-order valence-corrected chi connectivity index (χ3v) is 6.68. The molecule has 0 radical (unpaired) electrons. The molecule has 0 spiro atoms. The number of hydrogen-bond donors (Lipinski definition) is 1. The van der Waals surface area contributed by atoms with Gasteiger partial charge in [-0.1, -0.05) is 24.3 Å². The second-order valence-electron chi connectivity index (χ2n) is 7.39. The van der Waals surface area contributed by atoms with Crippen molar-refractivity contribution in [1.29, 1.82) is 0 Å². The number of nitrogens with one attached hydrogen (secondary N) is 1. The van der Waals surface area contributed by atoms with Crippen LogP contribution in [0.15, 0.2) is 93.5 Å². The van der Waals surface area contributed by atoms with E-state index >= 15 is 0 Å². The Labute approximate surface area is 219 Å². The number of hydrazone groups is 1. The molecule has 0 unspecified atom stereocenters. The minimum absolute atomic E-state index is 0.0372. The smallest absolute Gasteiger partial charge is 0.339 e. The Balaban J connectivity index is 1.35. The van der Waals surface area contributed by atoms with E-state index in [1.165, 1.54) is 42.6 Å². The van der Waals surface area contributed by atoms with Gasteiger partial charge in [-0.2, -0.15) is 13.5 Å². The minimum atomic E-state index is -4.32. The molecule has 0 saturated carbocycles. The van der Waals surface area contributed by atoms with Crippen molar-refractivity contribution in [2.45, 2.75) is 4.90 Å². The summed E-state index contributed by atoms with van der Waals surface area (Å²) in [5.74, 6) is -0.0622. The van der Waals surface area contributed by atoms with E-state index in [2.05, 4.69) is 31.4 Å². The lowest BCUT2D eigenvalue weighted by atomic mass is 10.2. The summed E-state index contributed by atoms with van der Waals surface area (Å²) in [5, 5.41) is 15.7. The number of para-hydroxylation sites is 1. The summed E-state index contributed by atoms with van der Waals surface area (Å²) in [5.41, 5.74) is 3.13. The topological polar surface area (TPSA) is 150 Å². The molecule has 4 aromatic rings. The van der Waals surface area contributed by atoms with Gasteiger partial charge in [0.2, 0.25) is 0 Å². The number of ether oxygens (including phenoxy) is 1. The molecule has 1 heterocycles. The second kappa shape index (κ2) is 11.1. The number of carbonyl (C=O) groups excluding carboxylic acids is 1. The average molecular weight is 585 g/mol. The zero-order valence-corrected chi connectivity index (χ0v) is 21.2. The minimum Gasteiger partial charge on any atom is -0.481 e. The number of carbonyl (C=O) groups is 1. The maximum absolute atomic E-state index is 12.5. The number of non-ortho nitro benzene ring substituents is 1. The van der Waals surface area contributed by atoms with Gasteiger partial charge in [0, 0.05) is 23.7 Å². The maximum atomic E-state index is 12.5. The number of amides is 1. The van der Waals surface area contributed by atoms with Crippen LogP contribution in [0.25, 0.3) is 10.9 Å². The van der Waals surface area contributed by atoms with Crippen molar-refractivity contribution in [3.8, 4) is 11.5 Å². The van der Waals surface area contributed by atoms with Crippen LogP contribution in [-0.2, 0) is 14.9 Å². The molecule has 0 aliphatic rings. The molecule has 3 aromatic carbocycles. The van der Waals surface area contributed by atoms with Gasteiger partial charge in [-0.15, -0.1) is 0 Å². The lowest BCUT2D eigenvalue weighted by Crippen LogP contribution is -2.24. The van der Waals surface area contributed by atoms with Gasteiger partial charge >= 0.3 is 10.1 Å². The lowest BCUT2D eigenvalue weighted by Gasteiger charge is -2.09. The van der Waals surface area contributed by atoms with Crippen LogP contribution in [0.5, 0.6) is 11.5 Å². The molecule has 0 saturated heterocycles. The second-order valence-corrected chi connectivity index (χ2v) is 9.80. The molecule has 0 atom stereocenters. The van der Waals surface area contributed by atoms with Crippen LogP contribution in [0.3, 0.4) is 0 Å². The lowest BCUT2D eigenvalue weighted by molar-refractivity contribution is -0.385. The van der Waals surface area contributed by atoms with E-state index in [1.54, 1.807) is 24.4 Å². The van der Waals surface area contributed by atoms with Crippen molar-refractivity contribution in [1.82, 2.24) is 10.4 Å². The SMILES string of the molecule is O=C(COc1cccc2cccnc12)N/N=C\c1ccc(OS(=O)(=O)c2cccc([N+](=O)[O-])c2)c(Br)c1. The normalized spacial score (nSPS) is 11.4. The fourth-order valence-electron chi connectivity index (χ4n) is 3.13. The first kappa shape index (κ1) is 25.7. The summed E-state index contributed by atoms with van der Waals surface area (Å²) in [4.78, 5) is 26.2. The van der Waals surface area contributed by atoms with Gasteiger partial charge in [0.15, 0.2) is 12.4 Å². The molecular weight excluding hydrogens is 568 g/mol. The predicted octanol–water partition coefficient (Wildman–Crippen LogP) is 4.20. The standard InChI is InChI=1S/C24H17BrN4O7S/c25-20-12-16(9-10-21(20)36-37(33,34)19-7-2-6-18(13-19)29(31)32)14-27-28-23(30)15-35-22-8-1-4-17-5-3-11-26-24(17)22/h1-14H,15H2,(H,28,30)/b27-14-. The zero-order chi connectivity index (χ0) is 26.4. The highest BCUT2D eigenvalue weighted by molar-refractivity contribution is 9.10. The molecule has 1 amide bonds. The molecule has 11 nitrogen and oxygen atoms in total. The number of fused-ring (bicyclic) bond motifs is 1. The van der Waals surface area contributed by atoms with Crippen LogP contribution in [0.4, 0.5) is 5.69 Å². The molecule has 37 heavy (non-hydrogen) atoms. The van der Waals surface area contributed by atoms with Crippen LogP contribution < -0.4 is 14.3 Å². The Hall–Kier alpha value is -4.36. The van der Waals surface area contributed by atoms with E-state index in [0.29, 0.717) is 16.8 Å². The Morgan fingerprint density at radius 3 is 2.65 bits per heavy atom. The summed E-state index contributed by atoms with van der Waals surface area (Å²) < 4.78 is 36.0. The van der Waals surface area contributed by atoms with Crippen LogP contribution in [0.2, 0.25) is 0 Å². The molecule has 1 aromatic heterocycles. The van der Waals surface area contributed by atoms with Gasteiger partial charge < -0.3 is 8.92 Å². The van der Waals surface area contributed by atoms with Gasteiger partial charge in [0.1, 0.15) is 16.2 Å². The van der Waals surface area contributed by atoms with Crippen molar-refractivity contribution in [3.63, 3.8) is 0 Å².